The van der Waals surface area contributed by atoms with Crippen molar-refractivity contribution in [3.05, 3.63) is 59.7 Å². The Balaban J connectivity index is 2.05. The van der Waals surface area contributed by atoms with Crippen LogP contribution in [0.25, 0.3) is 0 Å². The lowest BCUT2D eigenvalue weighted by atomic mass is 9.94. The summed E-state index contributed by atoms with van der Waals surface area (Å²) in [5, 5.41) is 2.59. The molecule has 3 heteroatoms. The quantitative estimate of drug-likeness (QED) is 0.834. The first kappa shape index (κ1) is 7.93. The number of amides is 1. The van der Waals surface area contributed by atoms with Crippen LogP contribution in [0.2, 0.25) is 0 Å². The van der Waals surface area contributed by atoms with E-state index in [4.69, 9.17) is 8.85 Å². The van der Waals surface area contributed by atoms with Crippen molar-refractivity contribution >= 4 is 5.91 Å². The van der Waals surface area contributed by atoms with Crippen LogP contribution in [0.5, 0.6) is 11.5 Å². The highest BCUT2D eigenvalue weighted by Gasteiger charge is 2.26. The molecule has 3 nitrogen and oxygen atoms in total. The first-order valence-electron chi connectivity index (χ1n) is 7.13. The van der Waals surface area contributed by atoms with Crippen LogP contribution in [0.3, 0.4) is 0 Å². The molecule has 0 spiro atoms. The number of carbonyl (C=O) groups is 1. The lowest BCUT2D eigenvalue weighted by Crippen LogP contribution is -2.29. The number of para-hydroxylation sites is 2. The third kappa shape index (κ3) is 1.74. The van der Waals surface area contributed by atoms with Gasteiger partial charge in [0.05, 0.1) is 6.04 Å². The van der Waals surface area contributed by atoms with Crippen LogP contribution in [0.4, 0.5) is 0 Å². The van der Waals surface area contributed by atoms with Gasteiger partial charge in [-0.05, 0) is 12.1 Å². The molecule has 0 aliphatic carbocycles. The van der Waals surface area contributed by atoms with Crippen LogP contribution in [0.15, 0.2) is 48.5 Å². The molecule has 1 aliphatic rings. The zero-order valence-corrected chi connectivity index (χ0v) is 9.51. The second-order valence-electron chi connectivity index (χ2n) is 4.08. The highest BCUT2D eigenvalue weighted by molar-refractivity contribution is 5.75. The van der Waals surface area contributed by atoms with E-state index < -0.39 is 18.8 Å². The Morgan fingerprint density at radius 2 is 1.67 bits per heavy atom. The molecule has 1 heterocycles. The lowest BCUT2D eigenvalue weighted by Gasteiger charge is -2.28. The summed E-state index contributed by atoms with van der Waals surface area (Å²) in [6.45, 7) is -2.68. The van der Waals surface area contributed by atoms with Gasteiger partial charge >= 0.3 is 0 Å². The van der Waals surface area contributed by atoms with E-state index in [2.05, 4.69) is 5.32 Å². The molecule has 0 atom stereocenters. The molecule has 0 bridgehead atoms. The van der Waals surface area contributed by atoms with Gasteiger partial charge in [-0.1, -0.05) is 36.4 Å². The number of carbonyl (C=O) groups excluding carboxylic acids is 1. The van der Waals surface area contributed by atoms with Crippen LogP contribution in [-0.2, 0) is 4.79 Å². The number of hydrogen-bond acceptors (Lipinski definition) is 2. The second-order valence-corrected chi connectivity index (χ2v) is 4.08. The summed E-state index contributed by atoms with van der Waals surface area (Å²) in [5.74, 6) is 0.262. The zero-order chi connectivity index (χ0) is 15.0. The SMILES string of the molecule is [2H]C([2H])([2H])C(=O)NC1c2ccccc2Oc2ccccc21. The van der Waals surface area contributed by atoms with Crippen LogP contribution < -0.4 is 10.1 Å². The van der Waals surface area contributed by atoms with Gasteiger partial charge in [0.15, 0.2) is 0 Å². The van der Waals surface area contributed by atoms with Crippen molar-refractivity contribution in [2.24, 2.45) is 0 Å². The van der Waals surface area contributed by atoms with E-state index in [0.717, 1.165) is 11.1 Å². The largest absolute Gasteiger partial charge is 0.457 e. The van der Waals surface area contributed by atoms with Gasteiger partial charge in [0.1, 0.15) is 11.5 Å². The van der Waals surface area contributed by atoms with Gasteiger partial charge in [-0.2, -0.15) is 0 Å². The van der Waals surface area contributed by atoms with Crippen molar-refractivity contribution < 1.29 is 13.6 Å². The lowest BCUT2D eigenvalue weighted by molar-refractivity contribution is -0.119. The number of ether oxygens (including phenoxy) is 1. The first-order valence-corrected chi connectivity index (χ1v) is 5.63. The average molecular weight is 242 g/mol. The van der Waals surface area contributed by atoms with Crippen molar-refractivity contribution in [2.45, 2.75) is 12.9 Å². The van der Waals surface area contributed by atoms with E-state index in [0.29, 0.717) is 11.5 Å². The highest BCUT2D eigenvalue weighted by atomic mass is 16.5. The molecule has 0 saturated carbocycles. The van der Waals surface area contributed by atoms with Crippen molar-refractivity contribution in [3.63, 3.8) is 0 Å². The van der Waals surface area contributed by atoms with Crippen molar-refractivity contribution in [3.8, 4) is 11.5 Å². The van der Waals surface area contributed by atoms with Gasteiger partial charge in [-0.25, -0.2) is 0 Å². The van der Waals surface area contributed by atoms with E-state index >= 15 is 0 Å². The number of fused-ring (bicyclic) bond motifs is 2. The average Bonchev–Trinajstić information content (AvgIpc) is 2.46. The third-order valence-electron chi connectivity index (χ3n) is 2.96. The Morgan fingerprint density at radius 3 is 2.22 bits per heavy atom. The van der Waals surface area contributed by atoms with Gasteiger partial charge in [-0.3, -0.25) is 4.79 Å². The molecule has 0 unspecified atom stereocenters. The number of hydrogen-bond donors (Lipinski definition) is 1. The first-order chi connectivity index (χ1) is 9.97. The van der Waals surface area contributed by atoms with Gasteiger partial charge in [0.2, 0.25) is 5.91 Å². The summed E-state index contributed by atoms with van der Waals surface area (Å²) in [5.41, 5.74) is 1.49. The summed E-state index contributed by atoms with van der Waals surface area (Å²) in [6, 6.07) is 14.0. The molecule has 2 aromatic rings. The van der Waals surface area contributed by atoms with E-state index in [1.807, 2.05) is 36.4 Å². The summed E-state index contributed by atoms with van der Waals surface area (Å²) in [4.78, 5) is 11.8. The van der Waals surface area contributed by atoms with E-state index in [-0.39, 0.29) is 0 Å². The molecule has 18 heavy (non-hydrogen) atoms. The molecular formula is C15H13NO2. The highest BCUT2D eigenvalue weighted by Crippen LogP contribution is 2.42. The van der Waals surface area contributed by atoms with Crippen LogP contribution in [0, 0.1) is 0 Å². The molecule has 90 valence electrons. The summed E-state index contributed by atoms with van der Waals surface area (Å²) in [7, 11) is 0. The summed E-state index contributed by atoms with van der Waals surface area (Å²) >= 11 is 0. The maximum Gasteiger partial charge on any atom is 0.217 e. The topological polar surface area (TPSA) is 38.3 Å². The van der Waals surface area contributed by atoms with E-state index in [9.17, 15) is 4.79 Å². The van der Waals surface area contributed by atoms with Gasteiger partial charge in [0, 0.05) is 22.1 Å². The maximum atomic E-state index is 11.8. The Morgan fingerprint density at radius 1 is 1.11 bits per heavy atom. The van der Waals surface area contributed by atoms with Gasteiger partial charge in [-0.15, -0.1) is 0 Å². The van der Waals surface area contributed by atoms with Crippen molar-refractivity contribution in [1.82, 2.24) is 5.32 Å². The van der Waals surface area contributed by atoms with Gasteiger partial charge in [0.25, 0.3) is 0 Å². The minimum absolute atomic E-state index is 0.529. The van der Waals surface area contributed by atoms with E-state index in [1.54, 1.807) is 12.1 Å². The fraction of sp³-hybridized carbons (Fsp3) is 0.133. The summed E-state index contributed by atoms with van der Waals surface area (Å²) in [6.07, 6.45) is 0. The van der Waals surface area contributed by atoms with Crippen molar-refractivity contribution in [2.75, 3.05) is 0 Å². The van der Waals surface area contributed by atoms with E-state index in [1.165, 1.54) is 0 Å². The maximum absolute atomic E-state index is 11.8. The van der Waals surface area contributed by atoms with Crippen LogP contribution in [0.1, 0.15) is 28.1 Å². The fourth-order valence-corrected chi connectivity index (χ4v) is 2.20. The Hall–Kier alpha value is -2.29. The molecule has 1 aliphatic heterocycles. The number of rotatable bonds is 1. The van der Waals surface area contributed by atoms with Crippen molar-refractivity contribution in [1.29, 1.82) is 0 Å². The molecular weight excluding hydrogens is 226 g/mol. The molecule has 1 N–H and O–H groups in total. The number of nitrogens with one attached hydrogen (secondary N) is 1. The Bertz CT molecular complexity index is 652. The molecule has 0 aromatic heterocycles. The molecule has 1 amide bonds. The smallest absolute Gasteiger partial charge is 0.217 e. The zero-order valence-electron chi connectivity index (χ0n) is 12.5. The molecule has 3 rings (SSSR count). The normalized spacial score (nSPS) is 16.3. The minimum Gasteiger partial charge on any atom is -0.457 e. The van der Waals surface area contributed by atoms with Crippen LogP contribution >= 0.6 is 0 Å². The third-order valence-corrected chi connectivity index (χ3v) is 2.96. The summed E-state index contributed by atoms with van der Waals surface area (Å²) < 4.78 is 27.4. The standard InChI is InChI=1S/C15H13NO2/c1-10(17)16-15-11-6-2-4-8-13(11)18-14-9-5-3-7-12(14)15/h2-9,15H,1H3,(H,16,17)/i1D3. The minimum atomic E-state index is -2.68. The molecule has 0 fully saturated rings. The monoisotopic (exact) mass is 242 g/mol. The number of benzene rings is 2. The van der Waals surface area contributed by atoms with Gasteiger partial charge < -0.3 is 10.1 Å². The second kappa shape index (κ2) is 4.18. The molecule has 2 aromatic carbocycles. The predicted octanol–water partition coefficient (Wildman–Crippen LogP) is 3.02. The molecule has 0 saturated heterocycles. The Labute approximate surface area is 110 Å². The molecule has 0 radical (unpaired) electrons. The predicted molar refractivity (Wildman–Crippen MR) is 68.6 cm³/mol. The fourth-order valence-electron chi connectivity index (χ4n) is 2.20. The Kier molecular flexibility index (Phi) is 1.84. The van der Waals surface area contributed by atoms with Crippen LogP contribution in [-0.4, -0.2) is 5.91 Å².